The molecule has 1 aliphatic heterocycles. The molecular weight excluding hydrogens is 324 g/mol. The predicted molar refractivity (Wildman–Crippen MR) is 107 cm³/mol. The molecule has 142 valence electrons. The van der Waals surface area contributed by atoms with Crippen LogP contribution >= 0.6 is 0 Å². The number of carbonyl (C=O) groups is 1. The average molecular weight is 357 g/mol. The van der Waals surface area contributed by atoms with Crippen molar-refractivity contribution in [3.8, 4) is 0 Å². The molecule has 26 heavy (non-hydrogen) atoms. The number of carboxylic acid groups (broad SMARTS) is 1. The highest BCUT2D eigenvalue weighted by atomic mass is 16.6. The summed E-state index contributed by atoms with van der Waals surface area (Å²) >= 11 is 0. The highest BCUT2D eigenvalue weighted by Crippen LogP contribution is 2.35. The summed E-state index contributed by atoms with van der Waals surface area (Å²) in [6, 6.07) is 5.39. The summed E-state index contributed by atoms with van der Waals surface area (Å²) in [7, 11) is 0. The highest BCUT2D eigenvalue weighted by Gasteiger charge is 2.31. The Bertz CT molecular complexity index is 612. The topological polar surface area (TPSA) is 49.8 Å². The summed E-state index contributed by atoms with van der Waals surface area (Å²) < 4.78 is 5.32. The molecule has 3 heteroatoms. The molecule has 1 N–H and O–H groups in total. The van der Waals surface area contributed by atoms with E-state index < -0.39 is 5.97 Å². The van der Waals surface area contributed by atoms with Crippen LogP contribution in [0.4, 0.5) is 0 Å². The smallest absolute Gasteiger partial charge is 0.336 e. The number of unbranched alkanes of at least 4 members (excludes halogenated alkanes) is 8. The molecule has 1 fully saturated rings. The van der Waals surface area contributed by atoms with Crippen molar-refractivity contribution in [2.24, 2.45) is 0 Å². The van der Waals surface area contributed by atoms with E-state index >= 15 is 0 Å². The molecule has 0 aliphatic carbocycles. The maximum Gasteiger partial charge on any atom is 0.336 e. The molecular formula is C23H32O3. The van der Waals surface area contributed by atoms with Crippen LogP contribution in [0.5, 0.6) is 0 Å². The minimum absolute atomic E-state index is 0.0664. The van der Waals surface area contributed by atoms with Crippen LogP contribution in [0.3, 0.4) is 0 Å². The number of rotatable bonds is 13. The summed E-state index contributed by atoms with van der Waals surface area (Å²) in [6.07, 6.45) is 20.0. The number of hydrogen-bond donors (Lipinski definition) is 1. The third-order valence-corrected chi connectivity index (χ3v) is 4.77. The minimum Gasteiger partial charge on any atom is -0.478 e. The van der Waals surface area contributed by atoms with Crippen LogP contribution in [0, 0.1) is 0 Å². The minimum atomic E-state index is -0.893. The molecule has 2 rings (SSSR count). The van der Waals surface area contributed by atoms with Gasteiger partial charge >= 0.3 is 5.97 Å². The van der Waals surface area contributed by atoms with Gasteiger partial charge in [0, 0.05) is 5.56 Å². The van der Waals surface area contributed by atoms with Gasteiger partial charge in [0.1, 0.15) is 6.10 Å². The zero-order valence-corrected chi connectivity index (χ0v) is 16.0. The highest BCUT2D eigenvalue weighted by molar-refractivity contribution is 5.91. The van der Waals surface area contributed by atoms with E-state index in [0.717, 1.165) is 17.5 Å². The zero-order valence-electron chi connectivity index (χ0n) is 16.0. The van der Waals surface area contributed by atoms with Crippen LogP contribution in [-0.4, -0.2) is 17.7 Å². The van der Waals surface area contributed by atoms with E-state index in [9.17, 15) is 9.90 Å². The van der Waals surface area contributed by atoms with Gasteiger partial charge in [-0.1, -0.05) is 88.3 Å². The number of ether oxygens (including phenoxy) is 1. The number of hydrogen-bond acceptors (Lipinski definition) is 2. The molecule has 1 aromatic rings. The van der Waals surface area contributed by atoms with Crippen LogP contribution in [-0.2, 0) is 4.74 Å². The molecule has 1 aliphatic rings. The van der Waals surface area contributed by atoms with E-state index in [0.29, 0.717) is 12.2 Å². The number of benzene rings is 1. The monoisotopic (exact) mass is 356 g/mol. The van der Waals surface area contributed by atoms with Crippen LogP contribution in [0.2, 0.25) is 0 Å². The van der Waals surface area contributed by atoms with Gasteiger partial charge in [-0.25, -0.2) is 4.79 Å². The van der Waals surface area contributed by atoms with E-state index in [-0.39, 0.29) is 6.10 Å². The normalized spacial score (nSPS) is 16.6. The Morgan fingerprint density at radius 2 is 1.81 bits per heavy atom. The van der Waals surface area contributed by atoms with Gasteiger partial charge in [0.05, 0.1) is 12.2 Å². The summed E-state index contributed by atoms with van der Waals surface area (Å²) in [5.41, 5.74) is 2.08. The van der Waals surface area contributed by atoms with Crippen molar-refractivity contribution in [2.75, 3.05) is 6.61 Å². The van der Waals surface area contributed by atoms with Gasteiger partial charge < -0.3 is 9.84 Å². The van der Waals surface area contributed by atoms with Crippen molar-refractivity contribution in [2.45, 2.75) is 70.8 Å². The number of carboxylic acids is 1. The molecule has 1 atom stereocenters. The van der Waals surface area contributed by atoms with Gasteiger partial charge in [-0.15, -0.1) is 0 Å². The third-order valence-electron chi connectivity index (χ3n) is 4.77. The van der Waals surface area contributed by atoms with Gasteiger partial charge in [0.2, 0.25) is 0 Å². The first-order chi connectivity index (χ1) is 12.7. The largest absolute Gasteiger partial charge is 0.478 e. The second kappa shape index (κ2) is 11.7. The second-order valence-corrected chi connectivity index (χ2v) is 6.99. The van der Waals surface area contributed by atoms with Crippen molar-refractivity contribution >= 4 is 12.0 Å². The van der Waals surface area contributed by atoms with E-state index in [1.54, 1.807) is 12.1 Å². The molecule has 3 nitrogen and oxygen atoms in total. The molecule has 0 saturated carbocycles. The first-order valence-electron chi connectivity index (χ1n) is 10.0. The van der Waals surface area contributed by atoms with Crippen LogP contribution in [0.1, 0.15) is 92.3 Å². The lowest BCUT2D eigenvalue weighted by Crippen LogP contribution is -2.03. The number of allylic oxidation sites excluding steroid dienone is 3. The summed E-state index contributed by atoms with van der Waals surface area (Å²) in [6.45, 7) is 2.86. The zero-order chi connectivity index (χ0) is 18.6. The molecule has 1 unspecified atom stereocenters. The average Bonchev–Trinajstić information content (AvgIpc) is 3.47. The lowest BCUT2D eigenvalue weighted by Gasteiger charge is -2.06. The molecule has 1 saturated heterocycles. The van der Waals surface area contributed by atoms with E-state index in [1.165, 1.54) is 51.4 Å². The van der Waals surface area contributed by atoms with Crippen molar-refractivity contribution < 1.29 is 14.6 Å². The Morgan fingerprint density at radius 1 is 1.12 bits per heavy atom. The van der Waals surface area contributed by atoms with Gasteiger partial charge in [-0.3, -0.25) is 0 Å². The van der Waals surface area contributed by atoms with Gasteiger partial charge in [0.15, 0.2) is 0 Å². The van der Waals surface area contributed by atoms with E-state index in [4.69, 9.17) is 4.74 Å². The molecule has 0 spiro atoms. The quantitative estimate of drug-likeness (QED) is 0.247. The molecule has 0 amide bonds. The Morgan fingerprint density at radius 3 is 2.46 bits per heavy atom. The Kier molecular flexibility index (Phi) is 9.19. The van der Waals surface area contributed by atoms with Gasteiger partial charge in [0.25, 0.3) is 0 Å². The van der Waals surface area contributed by atoms with Crippen LogP contribution in [0.15, 0.2) is 36.4 Å². The number of aromatic carboxylic acids is 1. The fraction of sp³-hybridized carbons (Fsp3) is 0.522. The predicted octanol–water partition coefficient (Wildman–Crippen LogP) is 6.56. The molecule has 1 heterocycles. The SMILES string of the molecule is CCCCCCCCCC/C=C/C=C/c1cccc(C(=O)O)c1C1CO1. The van der Waals surface area contributed by atoms with Crippen molar-refractivity contribution in [3.63, 3.8) is 0 Å². The second-order valence-electron chi connectivity index (χ2n) is 6.99. The Labute approximate surface area is 157 Å². The lowest BCUT2D eigenvalue weighted by molar-refractivity contribution is 0.0695. The van der Waals surface area contributed by atoms with Gasteiger partial charge in [-0.05, 0) is 24.5 Å². The standard InChI is InChI=1S/C23H32O3/c1-2-3-4-5-6-7-8-9-10-11-12-13-15-19-16-14-17-20(23(24)25)22(19)21-18-26-21/h11-17,21H,2-10,18H2,1H3,(H,24,25)/b12-11+,15-13+. The lowest BCUT2D eigenvalue weighted by atomic mass is 9.98. The fourth-order valence-corrected chi connectivity index (χ4v) is 3.22. The van der Waals surface area contributed by atoms with Crippen molar-refractivity contribution in [3.05, 3.63) is 53.1 Å². The maximum atomic E-state index is 11.4. The summed E-state index contributed by atoms with van der Waals surface area (Å²) in [4.78, 5) is 11.4. The molecule has 0 radical (unpaired) electrons. The van der Waals surface area contributed by atoms with Crippen LogP contribution < -0.4 is 0 Å². The fourth-order valence-electron chi connectivity index (χ4n) is 3.22. The molecule has 0 bridgehead atoms. The van der Waals surface area contributed by atoms with Crippen LogP contribution in [0.25, 0.3) is 6.08 Å². The van der Waals surface area contributed by atoms with E-state index in [1.807, 2.05) is 18.2 Å². The summed E-state index contributed by atoms with van der Waals surface area (Å²) in [5, 5.41) is 9.35. The number of epoxide rings is 1. The third kappa shape index (κ3) is 7.17. The first kappa shape index (κ1) is 20.4. The van der Waals surface area contributed by atoms with Crippen molar-refractivity contribution in [1.82, 2.24) is 0 Å². The molecule has 0 aromatic heterocycles. The Hall–Kier alpha value is -1.87. The molecule has 1 aromatic carbocycles. The first-order valence-corrected chi connectivity index (χ1v) is 10.0. The maximum absolute atomic E-state index is 11.4. The van der Waals surface area contributed by atoms with Crippen molar-refractivity contribution in [1.29, 1.82) is 0 Å². The summed E-state index contributed by atoms with van der Waals surface area (Å²) in [5.74, 6) is -0.893. The Balaban J connectivity index is 1.71. The van der Waals surface area contributed by atoms with Gasteiger partial charge in [-0.2, -0.15) is 0 Å². The van der Waals surface area contributed by atoms with E-state index in [2.05, 4.69) is 19.1 Å².